The van der Waals surface area contributed by atoms with Gasteiger partial charge in [0.05, 0.1) is 5.92 Å². The molecule has 2 saturated carbocycles. The molecule has 3 rings (SSSR count). The number of hydrogen-bond acceptors (Lipinski definition) is 4. The molecule has 5 unspecified atom stereocenters. The SMILES string of the molecule is CCC(C)(C)CCC(=O)OC1C2CC3C(=O)OC1C3C2. The Kier molecular flexibility index (Phi) is 3.30. The Hall–Kier alpha value is -1.06. The molecule has 0 aromatic carbocycles. The Morgan fingerprint density at radius 3 is 2.85 bits per heavy atom. The maximum absolute atomic E-state index is 12.0. The highest BCUT2D eigenvalue weighted by Gasteiger charge is 2.63. The molecular weight excluding hydrogens is 256 g/mol. The molecule has 1 aliphatic heterocycles. The molecule has 1 saturated heterocycles. The fourth-order valence-corrected chi connectivity index (χ4v) is 3.89. The fraction of sp³-hybridized carbons (Fsp3) is 0.875. The summed E-state index contributed by atoms with van der Waals surface area (Å²) in [6.45, 7) is 6.47. The molecule has 0 N–H and O–H groups in total. The zero-order chi connectivity index (χ0) is 14.5. The minimum atomic E-state index is -0.181. The lowest BCUT2D eigenvalue weighted by atomic mass is 9.85. The van der Waals surface area contributed by atoms with E-state index in [9.17, 15) is 9.59 Å². The van der Waals surface area contributed by atoms with E-state index in [0.717, 1.165) is 25.7 Å². The van der Waals surface area contributed by atoms with Crippen LogP contribution in [0.25, 0.3) is 0 Å². The highest BCUT2D eigenvalue weighted by atomic mass is 16.6. The van der Waals surface area contributed by atoms with Crippen LogP contribution in [0, 0.1) is 23.2 Å². The first-order valence-electron chi connectivity index (χ1n) is 7.81. The third-order valence-electron chi connectivity index (χ3n) is 5.64. The topological polar surface area (TPSA) is 52.6 Å². The molecule has 2 bridgehead atoms. The van der Waals surface area contributed by atoms with Crippen LogP contribution in [0.3, 0.4) is 0 Å². The van der Waals surface area contributed by atoms with Crippen molar-refractivity contribution in [3.8, 4) is 0 Å². The molecule has 4 heteroatoms. The average Bonchev–Trinajstić information content (AvgIpc) is 3.01. The lowest BCUT2D eigenvalue weighted by Crippen LogP contribution is -2.36. The predicted octanol–water partition coefficient (Wildman–Crippen LogP) is 2.70. The van der Waals surface area contributed by atoms with Crippen molar-refractivity contribution in [2.45, 2.75) is 65.1 Å². The first-order chi connectivity index (χ1) is 9.41. The van der Waals surface area contributed by atoms with Gasteiger partial charge in [0.25, 0.3) is 0 Å². The van der Waals surface area contributed by atoms with Crippen LogP contribution in [-0.4, -0.2) is 24.1 Å². The third kappa shape index (κ3) is 2.23. The van der Waals surface area contributed by atoms with Crippen molar-refractivity contribution in [1.29, 1.82) is 0 Å². The van der Waals surface area contributed by atoms with Crippen LogP contribution in [0.15, 0.2) is 0 Å². The summed E-state index contributed by atoms with van der Waals surface area (Å²) < 4.78 is 11.1. The molecule has 20 heavy (non-hydrogen) atoms. The van der Waals surface area contributed by atoms with Crippen LogP contribution in [-0.2, 0) is 19.1 Å². The van der Waals surface area contributed by atoms with E-state index >= 15 is 0 Å². The molecule has 0 spiro atoms. The predicted molar refractivity (Wildman–Crippen MR) is 72.8 cm³/mol. The van der Waals surface area contributed by atoms with E-state index in [0.29, 0.717) is 18.3 Å². The Labute approximate surface area is 120 Å². The zero-order valence-corrected chi connectivity index (χ0v) is 12.6. The summed E-state index contributed by atoms with van der Waals surface area (Å²) >= 11 is 0. The monoisotopic (exact) mass is 280 g/mol. The first kappa shape index (κ1) is 13.9. The van der Waals surface area contributed by atoms with Gasteiger partial charge >= 0.3 is 11.9 Å². The van der Waals surface area contributed by atoms with Gasteiger partial charge in [-0.25, -0.2) is 0 Å². The summed E-state index contributed by atoms with van der Waals surface area (Å²) in [7, 11) is 0. The van der Waals surface area contributed by atoms with Crippen LogP contribution in [0.2, 0.25) is 0 Å². The van der Waals surface area contributed by atoms with Crippen molar-refractivity contribution in [2.24, 2.45) is 23.2 Å². The maximum atomic E-state index is 12.0. The number of carbonyl (C=O) groups is 2. The van der Waals surface area contributed by atoms with Crippen LogP contribution < -0.4 is 0 Å². The van der Waals surface area contributed by atoms with Crippen molar-refractivity contribution >= 4 is 11.9 Å². The molecule has 5 atom stereocenters. The number of hydrogen-bond donors (Lipinski definition) is 0. The van der Waals surface area contributed by atoms with Crippen molar-refractivity contribution < 1.29 is 19.1 Å². The maximum Gasteiger partial charge on any atom is 0.309 e. The van der Waals surface area contributed by atoms with E-state index in [1.54, 1.807) is 0 Å². The fourth-order valence-electron chi connectivity index (χ4n) is 3.89. The minimum Gasteiger partial charge on any atom is -0.458 e. The van der Waals surface area contributed by atoms with Gasteiger partial charge < -0.3 is 9.47 Å². The smallest absolute Gasteiger partial charge is 0.309 e. The van der Waals surface area contributed by atoms with E-state index in [-0.39, 0.29) is 35.5 Å². The van der Waals surface area contributed by atoms with Gasteiger partial charge in [0, 0.05) is 18.3 Å². The number of fused-ring (bicyclic) bond motifs is 1. The van der Waals surface area contributed by atoms with Crippen LogP contribution in [0.1, 0.15) is 52.9 Å². The number of esters is 2. The Balaban J connectivity index is 1.54. The number of rotatable bonds is 5. The molecular formula is C16H24O4. The van der Waals surface area contributed by atoms with Crippen LogP contribution in [0.5, 0.6) is 0 Å². The Morgan fingerprint density at radius 2 is 2.15 bits per heavy atom. The summed E-state index contributed by atoms with van der Waals surface area (Å²) in [5.74, 6) is 0.512. The van der Waals surface area contributed by atoms with Crippen molar-refractivity contribution in [3.63, 3.8) is 0 Å². The minimum absolute atomic E-state index is 0.0758. The van der Waals surface area contributed by atoms with Crippen molar-refractivity contribution in [3.05, 3.63) is 0 Å². The summed E-state index contributed by atoms with van der Waals surface area (Å²) in [5.41, 5.74) is 0.179. The largest absolute Gasteiger partial charge is 0.458 e. The summed E-state index contributed by atoms with van der Waals surface area (Å²) in [4.78, 5) is 23.7. The van der Waals surface area contributed by atoms with Gasteiger partial charge in [-0.15, -0.1) is 0 Å². The van der Waals surface area contributed by atoms with E-state index in [1.165, 1.54) is 0 Å². The van der Waals surface area contributed by atoms with Crippen LogP contribution >= 0.6 is 0 Å². The highest BCUT2D eigenvalue weighted by molar-refractivity contribution is 5.77. The standard InChI is InChI=1S/C16H24O4/c1-4-16(2,3)6-5-12(17)19-13-9-7-10-11(8-9)15(18)20-14(10)13/h9-11,13-14H,4-8H2,1-3H3. The van der Waals surface area contributed by atoms with Gasteiger partial charge in [0.15, 0.2) is 0 Å². The summed E-state index contributed by atoms with van der Waals surface area (Å²) in [5, 5.41) is 0. The third-order valence-corrected chi connectivity index (χ3v) is 5.64. The van der Waals surface area contributed by atoms with E-state index in [1.807, 2.05) is 0 Å². The van der Waals surface area contributed by atoms with Crippen molar-refractivity contribution in [1.82, 2.24) is 0 Å². The molecule has 3 aliphatic rings. The Morgan fingerprint density at radius 1 is 1.40 bits per heavy atom. The average molecular weight is 280 g/mol. The molecule has 0 aromatic heterocycles. The van der Waals surface area contributed by atoms with Gasteiger partial charge in [0.2, 0.25) is 0 Å². The van der Waals surface area contributed by atoms with Gasteiger partial charge in [0.1, 0.15) is 12.2 Å². The van der Waals surface area contributed by atoms with E-state index in [2.05, 4.69) is 20.8 Å². The Bertz CT molecular complexity index is 428. The molecule has 1 heterocycles. The second-order valence-corrected chi connectivity index (χ2v) is 7.38. The first-order valence-corrected chi connectivity index (χ1v) is 7.81. The van der Waals surface area contributed by atoms with Gasteiger partial charge in [-0.1, -0.05) is 27.2 Å². The van der Waals surface area contributed by atoms with Gasteiger partial charge in [-0.3, -0.25) is 9.59 Å². The van der Waals surface area contributed by atoms with E-state index in [4.69, 9.17) is 9.47 Å². The van der Waals surface area contributed by atoms with Crippen molar-refractivity contribution in [2.75, 3.05) is 0 Å². The quantitative estimate of drug-likeness (QED) is 0.727. The van der Waals surface area contributed by atoms with Gasteiger partial charge in [-0.05, 0) is 24.7 Å². The molecule has 4 nitrogen and oxygen atoms in total. The summed E-state index contributed by atoms with van der Waals surface area (Å²) in [6, 6.07) is 0. The molecule has 0 aromatic rings. The number of carbonyl (C=O) groups excluding carboxylic acids is 2. The molecule has 0 radical (unpaired) electrons. The molecule has 0 amide bonds. The normalized spacial score (nSPS) is 38.1. The highest BCUT2D eigenvalue weighted by Crippen LogP contribution is 2.55. The molecule has 3 fully saturated rings. The van der Waals surface area contributed by atoms with Gasteiger partial charge in [-0.2, -0.15) is 0 Å². The van der Waals surface area contributed by atoms with E-state index < -0.39 is 0 Å². The molecule has 2 aliphatic carbocycles. The molecule has 112 valence electrons. The summed E-state index contributed by atoms with van der Waals surface area (Å²) in [6.07, 6.45) is 3.85. The second-order valence-electron chi connectivity index (χ2n) is 7.38. The lowest BCUT2D eigenvalue weighted by molar-refractivity contribution is -0.162. The zero-order valence-electron chi connectivity index (χ0n) is 12.6. The number of ether oxygens (including phenoxy) is 2. The second kappa shape index (κ2) is 4.74. The van der Waals surface area contributed by atoms with Crippen LogP contribution in [0.4, 0.5) is 0 Å². The lowest BCUT2D eigenvalue weighted by Gasteiger charge is -2.26.